The first-order valence-electron chi connectivity index (χ1n) is 8.01. The van der Waals surface area contributed by atoms with Gasteiger partial charge in [-0.25, -0.2) is 9.78 Å². The van der Waals surface area contributed by atoms with Crippen LogP contribution in [0.4, 0.5) is 17.5 Å². The van der Waals surface area contributed by atoms with E-state index in [-0.39, 0.29) is 0 Å². The summed E-state index contributed by atoms with van der Waals surface area (Å²) in [7, 11) is 1.35. The summed E-state index contributed by atoms with van der Waals surface area (Å²) in [5.74, 6) is 0.607. The van der Waals surface area contributed by atoms with Gasteiger partial charge in [-0.05, 0) is 47.0 Å². The Hall–Kier alpha value is -1.86. The fraction of sp³-hybridized carbons (Fsp3) is 0.353. The smallest absolute Gasteiger partial charge is 0.339 e. The summed E-state index contributed by atoms with van der Waals surface area (Å²) < 4.78 is 5.43. The third-order valence-corrected chi connectivity index (χ3v) is 5.04. The maximum absolute atomic E-state index is 11.8. The molecule has 8 heteroatoms. The van der Waals surface area contributed by atoms with Gasteiger partial charge in [0.1, 0.15) is 5.02 Å². The number of aromatic nitrogens is 2. The number of ether oxygens (including phenoxy) is 1. The lowest BCUT2D eigenvalue weighted by molar-refractivity contribution is 0.0599. The summed E-state index contributed by atoms with van der Waals surface area (Å²) in [6, 6.07) is 5.66. The van der Waals surface area contributed by atoms with Crippen LogP contribution in [-0.4, -0.2) is 29.1 Å². The van der Waals surface area contributed by atoms with Crippen LogP contribution in [0, 0.1) is 0 Å². The summed E-state index contributed by atoms with van der Waals surface area (Å²) in [5, 5.41) is 6.96. The lowest BCUT2D eigenvalue weighted by Crippen LogP contribution is -2.16. The average Bonchev–Trinajstić information content (AvgIpc) is 3.12. The number of hydrogen-bond acceptors (Lipinski definition) is 6. The molecular weight excluding hydrogens is 408 g/mol. The minimum atomic E-state index is -0.420. The Morgan fingerprint density at radius 3 is 2.84 bits per heavy atom. The van der Waals surface area contributed by atoms with E-state index in [0.29, 0.717) is 38.6 Å². The maximum atomic E-state index is 11.8. The van der Waals surface area contributed by atoms with Gasteiger partial charge in [-0.2, -0.15) is 4.98 Å². The zero-order valence-electron chi connectivity index (χ0n) is 13.7. The van der Waals surface area contributed by atoms with E-state index in [4.69, 9.17) is 16.3 Å². The van der Waals surface area contributed by atoms with E-state index in [1.807, 2.05) is 6.07 Å². The molecule has 0 aliphatic heterocycles. The summed E-state index contributed by atoms with van der Waals surface area (Å²) >= 11 is 9.54. The molecule has 0 atom stereocenters. The van der Waals surface area contributed by atoms with E-state index < -0.39 is 5.97 Å². The summed E-state index contributed by atoms with van der Waals surface area (Å²) in [6.07, 6.45) is 6.26. The molecule has 0 saturated heterocycles. The number of anilines is 3. The second kappa shape index (κ2) is 8.01. The number of methoxy groups -OCH3 is 1. The van der Waals surface area contributed by atoms with Gasteiger partial charge in [0.05, 0.1) is 18.9 Å². The average molecular weight is 426 g/mol. The largest absolute Gasteiger partial charge is 0.465 e. The molecule has 0 bridgehead atoms. The van der Waals surface area contributed by atoms with E-state index in [2.05, 4.69) is 36.5 Å². The van der Waals surface area contributed by atoms with Crippen LogP contribution in [0.1, 0.15) is 36.0 Å². The number of benzene rings is 1. The predicted molar refractivity (Wildman–Crippen MR) is 102 cm³/mol. The highest BCUT2D eigenvalue weighted by atomic mass is 79.9. The highest BCUT2D eigenvalue weighted by molar-refractivity contribution is 9.10. The summed E-state index contributed by atoms with van der Waals surface area (Å²) in [4.78, 5) is 20.5. The molecule has 1 saturated carbocycles. The molecule has 1 aliphatic carbocycles. The normalized spacial score (nSPS) is 14.4. The van der Waals surface area contributed by atoms with Gasteiger partial charge in [0.15, 0.2) is 5.82 Å². The topological polar surface area (TPSA) is 76.1 Å². The molecule has 0 radical (unpaired) electrons. The van der Waals surface area contributed by atoms with Gasteiger partial charge in [-0.15, -0.1) is 0 Å². The Morgan fingerprint density at radius 1 is 1.36 bits per heavy atom. The number of hydrogen-bond donors (Lipinski definition) is 2. The van der Waals surface area contributed by atoms with E-state index in [1.165, 1.54) is 20.0 Å². The van der Waals surface area contributed by atoms with Crippen LogP contribution < -0.4 is 10.6 Å². The standard InChI is InChI=1S/C17H18BrClN4O2/c1-25-16(24)12-8-11(6-7-13(12)18)22-17-20-9-14(19)15(23-17)21-10-4-2-3-5-10/h6-10H,2-5H2,1H3,(H2,20,21,22,23). The van der Waals surface area contributed by atoms with E-state index in [9.17, 15) is 4.79 Å². The fourth-order valence-corrected chi connectivity index (χ4v) is 3.34. The van der Waals surface area contributed by atoms with Crippen LogP contribution in [0.25, 0.3) is 0 Å². The van der Waals surface area contributed by atoms with Crippen molar-refractivity contribution in [3.63, 3.8) is 0 Å². The molecule has 0 unspecified atom stereocenters. The van der Waals surface area contributed by atoms with Gasteiger partial charge in [-0.3, -0.25) is 0 Å². The maximum Gasteiger partial charge on any atom is 0.339 e. The molecule has 0 spiro atoms. The van der Waals surface area contributed by atoms with Crippen molar-refractivity contribution in [3.05, 3.63) is 39.5 Å². The van der Waals surface area contributed by atoms with E-state index >= 15 is 0 Å². The van der Waals surface area contributed by atoms with Crippen molar-refractivity contribution < 1.29 is 9.53 Å². The van der Waals surface area contributed by atoms with Crippen molar-refractivity contribution in [3.8, 4) is 0 Å². The fourth-order valence-electron chi connectivity index (χ4n) is 2.79. The van der Waals surface area contributed by atoms with Gasteiger partial charge >= 0.3 is 5.97 Å². The summed E-state index contributed by atoms with van der Waals surface area (Å²) in [6.45, 7) is 0. The molecule has 25 heavy (non-hydrogen) atoms. The van der Waals surface area contributed by atoms with Crippen molar-refractivity contribution in [2.45, 2.75) is 31.7 Å². The molecule has 132 valence electrons. The quantitative estimate of drug-likeness (QED) is 0.672. The van der Waals surface area contributed by atoms with Crippen LogP contribution in [-0.2, 0) is 4.74 Å². The third kappa shape index (κ3) is 4.41. The molecular formula is C17H18BrClN4O2. The Bertz CT molecular complexity index is 781. The first kappa shape index (κ1) is 17.9. The van der Waals surface area contributed by atoms with Crippen LogP contribution in [0.5, 0.6) is 0 Å². The van der Waals surface area contributed by atoms with Crippen LogP contribution in [0.15, 0.2) is 28.9 Å². The van der Waals surface area contributed by atoms with E-state index in [1.54, 1.807) is 18.3 Å². The van der Waals surface area contributed by atoms with E-state index in [0.717, 1.165) is 12.8 Å². The lowest BCUT2D eigenvalue weighted by Gasteiger charge is -2.15. The molecule has 2 N–H and O–H groups in total. The molecule has 0 amide bonds. The molecule has 1 heterocycles. The number of rotatable bonds is 5. The molecule has 1 fully saturated rings. The molecule has 3 rings (SSSR count). The molecule has 1 aliphatic rings. The second-order valence-electron chi connectivity index (χ2n) is 5.83. The van der Waals surface area contributed by atoms with Crippen LogP contribution in [0.2, 0.25) is 5.02 Å². The van der Waals surface area contributed by atoms with Gasteiger partial charge in [0, 0.05) is 16.2 Å². The van der Waals surface area contributed by atoms with Gasteiger partial charge in [-0.1, -0.05) is 24.4 Å². The van der Waals surface area contributed by atoms with Crippen molar-refractivity contribution in [2.24, 2.45) is 0 Å². The van der Waals surface area contributed by atoms with Crippen molar-refractivity contribution in [2.75, 3.05) is 17.7 Å². The second-order valence-corrected chi connectivity index (χ2v) is 7.09. The number of carbonyl (C=O) groups is 1. The SMILES string of the molecule is COC(=O)c1cc(Nc2ncc(Cl)c(NC3CCCC3)n2)ccc1Br. The monoisotopic (exact) mass is 424 g/mol. The van der Waals surface area contributed by atoms with Crippen LogP contribution in [0.3, 0.4) is 0 Å². The first-order valence-corrected chi connectivity index (χ1v) is 9.18. The molecule has 6 nitrogen and oxygen atoms in total. The zero-order valence-corrected chi connectivity index (χ0v) is 16.0. The Kier molecular flexibility index (Phi) is 5.75. The highest BCUT2D eigenvalue weighted by Gasteiger charge is 2.17. The van der Waals surface area contributed by atoms with Crippen molar-refractivity contribution >= 4 is 51.0 Å². The number of halogens is 2. The Balaban J connectivity index is 1.79. The van der Waals surface area contributed by atoms with Gasteiger partial charge in [0.25, 0.3) is 0 Å². The number of esters is 1. The number of carbonyl (C=O) groups excluding carboxylic acids is 1. The summed E-state index contributed by atoms with van der Waals surface area (Å²) in [5.41, 5.74) is 1.10. The highest BCUT2D eigenvalue weighted by Crippen LogP contribution is 2.28. The predicted octanol–water partition coefficient (Wildman–Crippen LogP) is 4.78. The van der Waals surface area contributed by atoms with Gasteiger partial charge < -0.3 is 15.4 Å². The molecule has 2 aromatic rings. The Morgan fingerprint density at radius 2 is 2.12 bits per heavy atom. The third-order valence-electron chi connectivity index (χ3n) is 4.07. The van der Waals surface area contributed by atoms with Crippen LogP contribution >= 0.6 is 27.5 Å². The number of nitrogens with one attached hydrogen (secondary N) is 2. The minimum absolute atomic E-state index is 0.402. The molecule has 1 aromatic heterocycles. The first-order chi connectivity index (χ1) is 12.1. The Labute approximate surface area is 159 Å². The van der Waals surface area contributed by atoms with Crippen molar-refractivity contribution in [1.29, 1.82) is 0 Å². The number of nitrogens with zero attached hydrogens (tertiary/aromatic N) is 2. The lowest BCUT2D eigenvalue weighted by atomic mass is 10.2. The molecule has 1 aromatic carbocycles. The van der Waals surface area contributed by atoms with Crippen molar-refractivity contribution in [1.82, 2.24) is 9.97 Å². The van der Waals surface area contributed by atoms with Gasteiger partial charge in [0.2, 0.25) is 5.95 Å². The zero-order chi connectivity index (χ0) is 17.8. The minimum Gasteiger partial charge on any atom is -0.465 e.